The van der Waals surface area contributed by atoms with E-state index < -0.39 is 0 Å². The summed E-state index contributed by atoms with van der Waals surface area (Å²) in [4.78, 5) is 0. The fourth-order valence-corrected chi connectivity index (χ4v) is 6.96. The summed E-state index contributed by atoms with van der Waals surface area (Å²) in [6.45, 7) is 25.3. The smallest absolute Gasteiger partial charge is 0.229 e. The minimum atomic E-state index is 0.481. The van der Waals surface area contributed by atoms with E-state index >= 15 is 0 Å². The number of fused-ring (bicyclic) bond motifs is 2. The van der Waals surface area contributed by atoms with Crippen molar-refractivity contribution in [3.8, 4) is 0 Å². The van der Waals surface area contributed by atoms with Gasteiger partial charge in [0.1, 0.15) is 23.5 Å². The van der Waals surface area contributed by atoms with Crippen LogP contribution in [0.15, 0.2) is 36.7 Å². The van der Waals surface area contributed by atoms with Gasteiger partial charge in [0, 0.05) is 26.2 Å². The first-order chi connectivity index (χ1) is 18.5. The van der Waals surface area contributed by atoms with Gasteiger partial charge in [-0.2, -0.15) is 0 Å². The zero-order chi connectivity index (χ0) is 28.9. The Labute approximate surface area is 240 Å². The van der Waals surface area contributed by atoms with Gasteiger partial charge in [0.2, 0.25) is 12.3 Å². The number of rotatable bonds is 2. The molecule has 0 saturated heterocycles. The van der Waals surface area contributed by atoms with Crippen LogP contribution >= 0.6 is 0 Å². The van der Waals surface area contributed by atoms with Crippen molar-refractivity contribution in [2.45, 2.75) is 133 Å². The molecule has 0 bridgehead atoms. The average Bonchev–Trinajstić information content (AvgIpc) is 3.74. The van der Waals surface area contributed by atoms with Crippen molar-refractivity contribution in [1.82, 2.24) is 9.13 Å². The number of hydrogen-bond acceptors (Lipinski definition) is 0. The highest BCUT2D eigenvalue weighted by molar-refractivity contribution is 5.75. The average molecular weight is 537 g/mol. The van der Waals surface area contributed by atoms with Gasteiger partial charge in [-0.05, 0) is 81.5 Å². The van der Waals surface area contributed by atoms with Gasteiger partial charge in [-0.25, -0.2) is 9.15 Å². The fraction of sp³-hybridized carbons (Fsp3) is 0.714. The summed E-state index contributed by atoms with van der Waals surface area (Å²) in [5, 5.41) is 0. The molecule has 2 aromatic heterocycles. The van der Waals surface area contributed by atoms with Crippen molar-refractivity contribution in [3.63, 3.8) is 0 Å². The summed E-state index contributed by atoms with van der Waals surface area (Å²) < 4.78 is 9.32. The summed E-state index contributed by atoms with van der Waals surface area (Å²) >= 11 is 0. The first-order valence-corrected chi connectivity index (χ1v) is 16.0. The second-order valence-electron chi connectivity index (χ2n) is 13.3. The maximum absolute atomic E-state index is 2.40. The van der Waals surface area contributed by atoms with Gasteiger partial charge in [-0.15, -0.1) is 0 Å². The zero-order valence-corrected chi connectivity index (χ0v) is 27.1. The lowest BCUT2D eigenvalue weighted by atomic mass is 9.92. The molecule has 4 nitrogen and oxygen atoms in total. The lowest BCUT2D eigenvalue weighted by Crippen LogP contribution is -2.22. The Morgan fingerprint density at radius 1 is 0.538 bits per heavy atom. The van der Waals surface area contributed by atoms with E-state index in [4.69, 9.17) is 0 Å². The lowest BCUT2D eigenvalue weighted by molar-refractivity contribution is -0.603. The van der Waals surface area contributed by atoms with Gasteiger partial charge in [-0.3, -0.25) is 9.13 Å². The van der Waals surface area contributed by atoms with E-state index in [1.807, 2.05) is 0 Å². The van der Waals surface area contributed by atoms with Crippen molar-refractivity contribution in [1.29, 1.82) is 0 Å². The number of nitrogens with zero attached hydrogens (tertiary/aromatic N) is 4. The molecule has 0 aromatic carbocycles. The Kier molecular flexibility index (Phi) is 11.3. The summed E-state index contributed by atoms with van der Waals surface area (Å²) in [6.07, 6.45) is 17.2. The predicted octanol–water partition coefficient (Wildman–Crippen LogP) is 8.85. The Bertz CT molecular complexity index is 961. The normalized spacial score (nSPS) is 30.4. The summed E-state index contributed by atoms with van der Waals surface area (Å²) in [5.74, 6) is 4.68. The molecule has 0 radical (unpaired) electrons. The molecule has 2 atom stereocenters. The first-order valence-electron chi connectivity index (χ1n) is 16.0. The topological polar surface area (TPSA) is 15.9 Å². The zero-order valence-electron chi connectivity index (χ0n) is 27.1. The van der Waals surface area contributed by atoms with E-state index in [1.54, 1.807) is 0 Å². The molecule has 2 aliphatic carbocycles. The van der Waals surface area contributed by atoms with E-state index in [0.717, 1.165) is 29.6 Å². The van der Waals surface area contributed by atoms with Gasteiger partial charge >= 0.3 is 0 Å². The summed E-state index contributed by atoms with van der Waals surface area (Å²) in [7, 11) is 0. The molecule has 2 aliphatic heterocycles. The lowest BCUT2D eigenvalue weighted by Gasteiger charge is -2.14. The van der Waals surface area contributed by atoms with Crippen LogP contribution in [0.1, 0.15) is 132 Å². The maximum Gasteiger partial charge on any atom is 0.229 e. The number of hydrogen-bond donors (Lipinski definition) is 0. The highest BCUT2D eigenvalue weighted by Crippen LogP contribution is 2.44. The van der Waals surface area contributed by atoms with Crippen molar-refractivity contribution >= 4 is 12.4 Å². The monoisotopic (exact) mass is 536 g/mol. The second-order valence-corrected chi connectivity index (χ2v) is 13.3. The van der Waals surface area contributed by atoms with E-state index in [9.17, 15) is 0 Å². The Morgan fingerprint density at radius 2 is 0.821 bits per heavy atom. The van der Waals surface area contributed by atoms with Crippen LogP contribution in [-0.4, -0.2) is 42.8 Å². The highest BCUT2D eigenvalue weighted by Gasteiger charge is 2.38. The van der Waals surface area contributed by atoms with E-state index in [2.05, 4.69) is 144 Å². The minimum absolute atomic E-state index is 0.481. The molecule has 2 unspecified atom stereocenters. The fourth-order valence-electron chi connectivity index (χ4n) is 6.96. The van der Waals surface area contributed by atoms with Gasteiger partial charge in [-0.1, -0.05) is 66.7 Å². The van der Waals surface area contributed by atoms with Gasteiger partial charge in [0.25, 0.3) is 0 Å². The molecule has 2 saturated carbocycles. The van der Waals surface area contributed by atoms with E-state index in [-0.39, 0.29) is 0 Å². The largest absolute Gasteiger partial charge is 0.285 e. The Balaban J connectivity index is 0.000000149. The van der Waals surface area contributed by atoms with Crippen LogP contribution in [0.2, 0.25) is 0 Å². The van der Waals surface area contributed by atoms with E-state index in [0.29, 0.717) is 24.4 Å². The Hall–Kier alpha value is -2.10. The van der Waals surface area contributed by atoms with Crippen LogP contribution in [0.5, 0.6) is 0 Å². The van der Waals surface area contributed by atoms with Crippen molar-refractivity contribution in [2.24, 2.45) is 29.6 Å². The maximum atomic E-state index is 2.40. The van der Waals surface area contributed by atoms with E-state index in [1.165, 1.54) is 43.5 Å². The third-order valence-corrected chi connectivity index (χ3v) is 10.4. The SMILES string of the molecule is C1CCCC1.CC(C)[N+]1=Cc2cccn2C1C.CC(C)[N+]1=Cc2cccn2C1C.CC1C(C)C(C)C(C)C1C. The molecular formula is C35H60N4+2. The molecule has 2 aromatic rings. The molecule has 218 valence electrons. The first kappa shape index (κ1) is 31.4. The minimum Gasteiger partial charge on any atom is -0.285 e. The van der Waals surface area contributed by atoms with Crippen LogP contribution in [0.3, 0.4) is 0 Å². The van der Waals surface area contributed by atoms with Crippen molar-refractivity contribution in [2.75, 3.05) is 0 Å². The summed E-state index contributed by atoms with van der Waals surface area (Å²) in [6, 6.07) is 9.66. The molecule has 0 amide bonds. The highest BCUT2D eigenvalue weighted by atomic mass is 15.3. The predicted molar refractivity (Wildman–Crippen MR) is 168 cm³/mol. The van der Waals surface area contributed by atoms with Crippen molar-refractivity contribution < 1.29 is 9.15 Å². The molecular weight excluding hydrogens is 476 g/mol. The standard InChI is InChI=1S/2C10H15N2.C10H20.C5H10/c2*1-8(2)12-7-10-5-4-6-11(10)9(12)3;1-6-7(2)9(4)10(5)8(6)3;1-2-4-5-3-1/h2*4-9H,1-3H3;6-10H,1-5H3;1-5H2/q2*+1;;. The molecule has 6 rings (SSSR count). The molecule has 2 fully saturated rings. The number of aromatic nitrogens is 2. The molecule has 4 aliphatic rings. The van der Waals surface area contributed by atoms with Crippen molar-refractivity contribution in [3.05, 3.63) is 48.0 Å². The van der Waals surface area contributed by atoms with Crippen LogP contribution in [0, 0.1) is 29.6 Å². The van der Waals surface area contributed by atoms with Crippen LogP contribution in [0.25, 0.3) is 0 Å². The third kappa shape index (κ3) is 7.35. The second kappa shape index (κ2) is 14.0. The molecule has 4 heterocycles. The van der Waals surface area contributed by atoms with Crippen LogP contribution in [0.4, 0.5) is 0 Å². The molecule has 4 heteroatoms. The van der Waals surface area contributed by atoms with Gasteiger partial charge in [0.15, 0.2) is 12.4 Å². The third-order valence-electron chi connectivity index (χ3n) is 10.4. The van der Waals surface area contributed by atoms with Crippen LogP contribution < -0.4 is 0 Å². The molecule has 0 spiro atoms. The molecule has 0 N–H and O–H groups in total. The molecule has 39 heavy (non-hydrogen) atoms. The van der Waals surface area contributed by atoms with Gasteiger partial charge < -0.3 is 0 Å². The quantitative estimate of drug-likeness (QED) is 0.341. The summed E-state index contributed by atoms with van der Waals surface area (Å²) in [5.41, 5.74) is 2.63. The van der Waals surface area contributed by atoms with Gasteiger partial charge in [0.05, 0.1) is 0 Å². The Morgan fingerprint density at radius 3 is 1.05 bits per heavy atom. The van der Waals surface area contributed by atoms with Crippen LogP contribution in [-0.2, 0) is 0 Å².